The Morgan fingerprint density at radius 2 is 2.32 bits per heavy atom. The molecule has 2 aromatic heterocycles. The first kappa shape index (κ1) is 12.6. The zero-order chi connectivity index (χ0) is 15.3. The highest BCUT2D eigenvalue weighted by atomic mass is 16.3. The lowest BCUT2D eigenvalue weighted by Crippen LogP contribution is -2.31. The van der Waals surface area contributed by atoms with Crippen LogP contribution in [0.15, 0.2) is 35.2 Å². The van der Waals surface area contributed by atoms with Gasteiger partial charge >= 0.3 is 0 Å². The van der Waals surface area contributed by atoms with Crippen LogP contribution in [-0.2, 0) is 9.59 Å². The van der Waals surface area contributed by atoms with Crippen LogP contribution in [0.2, 0.25) is 0 Å². The van der Waals surface area contributed by atoms with Crippen LogP contribution in [0.3, 0.4) is 0 Å². The van der Waals surface area contributed by atoms with Crippen LogP contribution in [-0.4, -0.2) is 34.0 Å². The van der Waals surface area contributed by atoms with Crippen molar-refractivity contribution >= 4 is 34.4 Å². The fourth-order valence-electron chi connectivity index (χ4n) is 2.69. The van der Waals surface area contributed by atoms with E-state index in [1.807, 2.05) is 12.1 Å². The van der Waals surface area contributed by atoms with E-state index in [4.69, 9.17) is 4.42 Å². The average Bonchev–Trinajstić information content (AvgIpc) is 3.20. The number of aromatic nitrogens is 3. The molecule has 1 atom stereocenters. The predicted octanol–water partition coefficient (Wildman–Crippen LogP) is 1.25. The minimum absolute atomic E-state index is 0.202. The average molecular weight is 297 g/mol. The Balaban J connectivity index is 1.77. The number of benzene rings is 1. The van der Waals surface area contributed by atoms with E-state index in [1.54, 1.807) is 19.4 Å². The van der Waals surface area contributed by atoms with E-state index in [9.17, 15) is 9.59 Å². The van der Waals surface area contributed by atoms with Crippen molar-refractivity contribution in [3.05, 3.63) is 36.4 Å². The summed E-state index contributed by atoms with van der Waals surface area (Å²) < 4.78 is 5.36. The van der Waals surface area contributed by atoms with E-state index < -0.39 is 11.8 Å². The Labute approximate surface area is 124 Å². The smallest absolute Gasteiger partial charge is 0.243 e. The number of fused-ring (bicyclic) bond motifs is 2. The number of anilines is 2. The molecule has 3 heterocycles. The van der Waals surface area contributed by atoms with Crippen LogP contribution < -0.4 is 10.2 Å². The lowest BCUT2D eigenvalue weighted by atomic mass is 9.99. The normalized spacial score (nSPS) is 17.0. The molecule has 0 aliphatic carbocycles. The van der Waals surface area contributed by atoms with Gasteiger partial charge in [0.05, 0.1) is 6.26 Å². The molecule has 1 aliphatic heterocycles. The molecule has 3 aromatic rings. The lowest BCUT2D eigenvalue weighted by molar-refractivity contribution is -0.126. The Bertz CT molecular complexity index is 883. The van der Waals surface area contributed by atoms with Gasteiger partial charge in [0.15, 0.2) is 0 Å². The number of aromatic amines is 1. The molecule has 22 heavy (non-hydrogen) atoms. The minimum Gasteiger partial charge on any atom is -0.464 e. The molecular formula is C14H11N5O3. The second-order valence-electron chi connectivity index (χ2n) is 5.02. The third kappa shape index (κ3) is 1.70. The highest BCUT2D eigenvalue weighted by molar-refractivity contribution is 6.20. The molecule has 8 heteroatoms. The number of hydrogen-bond donors (Lipinski definition) is 2. The van der Waals surface area contributed by atoms with Gasteiger partial charge in [0.1, 0.15) is 17.8 Å². The molecule has 0 fully saturated rings. The van der Waals surface area contributed by atoms with Gasteiger partial charge in [0.25, 0.3) is 0 Å². The molecule has 1 aliphatic rings. The Morgan fingerprint density at radius 1 is 1.45 bits per heavy atom. The Morgan fingerprint density at radius 3 is 3.09 bits per heavy atom. The second kappa shape index (κ2) is 4.42. The molecule has 0 unspecified atom stereocenters. The number of carbonyl (C=O) groups excluding carboxylic acids is 2. The molecule has 0 saturated heterocycles. The van der Waals surface area contributed by atoms with Gasteiger partial charge in [-0.1, -0.05) is 0 Å². The van der Waals surface area contributed by atoms with Gasteiger partial charge in [-0.05, 0) is 18.2 Å². The van der Waals surface area contributed by atoms with E-state index in [-0.39, 0.29) is 11.9 Å². The van der Waals surface area contributed by atoms with Crippen molar-refractivity contribution in [1.29, 1.82) is 0 Å². The van der Waals surface area contributed by atoms with Crippen molar-refractivity contribution in [2.45, 2.75) is 5.92 Å². The standard InChI is InChI=1S/C14H11N5O3/c1-19-9-4-7-2-3-22-10(7)5-8(9)11(13(19)21)12(20)17-14-15-6-16-18-14/h2-6,11H,1H3,(H2,15,16,17,18,20)/t11-/m1/s1. The first-order valence-electron chi connectivity index (χ1n) is 6.60. The number of rotatable bonds is 2. The molecule has 8 nitrogen and oxygen atoms in total. The molecule has 4 rings (SSSR count). The van der Waals surface area contributed by atoms with Gasteiger partial charge in [-0.2, -0.15) is 10.1 Å². The quantitative estimate of drug-likeness (QED) is 0.693. The summed E-state index contributed by atoms with van der Waals surface area (Å²) in [7, 11) is 1.65. The van der Waals surface area contributed by atoms with Crippen LogP contribution in [0, 0.1) is 0 Å². The second-order valence-corrected chi connectivity index (χ2v) is 5.02. The fraction of sp³-hybridized carbons (Fsp3) is 0.143. The molecule has 0 saturated carbocycles. The predicted molar refractivity (Wildman–Crippen MR) is 77.4 cm³/mol. The molecule has 0 bridgehead atoms. The number of carbonyl (C=O) groups is 2. The van der Waals surface area contributed by atoms with E-state index in [0.29, 0.717) is 16.8 Å². The van der Waals surface area contributed by atoms with Gasteiger partial charge in [0, 0.05) is 23.7 Å². The van der Waals surface area contributed by atoms with Crippen molar-refractivity contribution < 1.29 is 14.0 Å². The maximum absolute atomic E-state index is 12.4. The van der Waals surface area contributed by atoms with Crippen molar-refractivity contribution in [3.63, 3.8) is 0 Å². The van der Waals surface area contributed by atoms with Gasteiger partial charge in [0.2, 0.25) is 17.8 Å². The summed E-state index contributed by atoms with van der Waals surface area (Å²) in [6.45, 7) is 0. The highest BCUT2D eigenvalue weighted by Gasteiger charge is 2.41. The monoisotopic (exact) mass is 297 g/mol. The minimum atomic E-state index is -0.931. The molecule has 0 radical (unpaired) electrons. The van der Waals surface area contributed by atoms with Crippen LogP contribution in [0.5, 0.6) is 0 Å². The van der Waals surface area contributed by atoms with E-state index in [0.717, 1.165) is 5.39 Å². The third-order valence-electron chi connectivity index (χ3n) is 3.77. The number of nitrogens with zero attached hydrogens (tertiary/aromatic N) is 3. The molecule has 2 N–H and O–H groups in total. The first-order valence-corrected chi connectivity index (χ1v) is 6.60. The maximum Gasteiger partial charge on any atom is 0.243 e. The van der Waals surface area contributed by atoms with Crippen molar-refractivity contribution in [2.75, 3.05) is 17.3 Å². The fourth-order valence-corrected chi connectivity index (χ4v) is 2.69. The van der Waals surface area contributed by atoms with Crippen LogP contribution >= 0.6 is 0 Å². The topological polar surface area (TPSA) is 104 Å². The van der Waals surface area contributed by atoms with E-state index in [2.05, 4.69) is 20.5 Å². The zero-order valence-corrected chi connectivity index (χ0v) is 11.5. The van der Waals surface area contributed by atoms with Gasteiger partial charge in [-0.15, -0.1) is 0 Å². The van der Waals surface area contributed by atoms with Gasteiger partial charge in [-0.3, -0.25) is 14.9 Å². The SMILES string of the molecule is CN1C(=O)[C@@H](C(=O)Nc2ncn[nH]2)c2cc3occc3cc21. The number of amides is 2. The Kier molecular flexibility index (Phi) is 2.52. The number of nitrogens with one attached hydrogen (secondary N) is 2. The summed E-state index contributed by atoms with van der Waals surface area (Å²) in [5.41, 5.74) is 1.96. The summed E-state index contributed by atoms with van der Waals surface area (Å²) in [6, 6.07) is 5.39. The van der Waals surface area contributed by atoms with Crippen LogP contribution in [0.1, 0.15) is 11.5 Å². The summed E-state index contributed by atoms with van der Waals surface area (Å²) in [4.78, 5) is 30.2. The molecular weight excluding hydrogens is 286 g/mol. The van der Waals surface area contributed by atoms with Gasteiger partial charge < -0.3 is 9.32 Å². The van der Waals surface area contributed by atoms with Gasteiger partial charge in [-0.25, -0.2) is 5.10 Å². The van der Waals surface area contributed by atoms with Crippen LogP contribution in [0.25, 0.3) is 11.0 Å². The number of likely N-dealkylation sites (N-methyl/N-ethyl adjacent to an activating group) is 1. The Hall–Kier alpha value is -3.16. The van der Waals surface area contributed by atoms with Crippen LogP contribution in [0.4, 0.5) is 11.6 Å². The molecule has 110 valence electrons. The van der Waals surface area contributed by atoms with Crippen molar-refractivity contribution in [2.24, 2.45) is 0 Å². The number of furan rings is 1. The van der Waals surface area contributed by atoms with Crippen molar-refractivity contribution in [3.8, 4) is 0 Å². The first-order chi connectivity index (χ1) is 10.6. The summed E-state index contributed by atoms with van der Waals surface area (Å²) >= 11 is 0. The zero-order valence-electron chi connectivity index (χ0n) is 11.5. The molecule has 1 aromatic carbocycles. The molecule has 2 amide bonds. The van der Waals surface area contributed by atoms with Crippen molar-refractivity contribution in [1.82, 2.24) is 15.2 Å². The lowest BCUT2D eigenvalue weighted by Gasteiger charge is -2.10. The van der Waals surface area contributed by atoms with E-state index >= 15 is 0 Å². The summed E-state index contributed by atoms with van der Waals surface area (Å²) in [6.07, 6.45) is 2.85. The molecule has 0 spiro atoms. The summed E-state index contributed by atoms with van der Waals surface area (Å²) in [5, 5.41) is 9.62. The maximum atomic E-state index is 12.4. The largest absolute Gasteiger partial charge is 0.464 e. The highest BCUT2D eigenvalue weighted by Crippen LogP contribution is 2.39. The third-order valence-corrected chi connectivity index (χ3v) is 3.77. The number of hydrogen-bond acceptors (Lipinski definition) is 5. The summed E-state index contributed by atoms with van der Waals surface area (Å²) in [5.74, 6) is -1.48. The number of H-pyrrole nitrogens is 1. The van der Waals surface area contributed by atoms with E-state index in [1.165, 1.54) is 11.2 Å².